The Bertz CT molecular complexity index is 630. The summed E-state index contributed by atoms with van der Waals surface area (Å²) in [6.45, 7) is 12.3. The van der Waals surface area contributed by atoms with Crippen molar-refractivity contribution in [1.82, 2.24) is 0 Å². The third-order valence-electron chi connectivity index (χ3n) is 9.83. The molecule has 0 aromatic rings. The molecule has 3 fully saturated rings. The number of hydrogen-bond acceptors (Lipinski definition) is 1. The lowest BCUT2D eigenvalue weighted by Gasteiger charge is -2.58. The molecule has 158 valence electrons. The fourth-order valence-electron chi connectivity index (χ4n) is 8.25. The van der Waals surface area contributed by atoms with E-state index in [9.17, 15) is 5.11 Å². The minimum atomic E-state index is -0.0842. The van der Waals surface area contributed by atoms with Crippen LogP contribution in [-0.2, 0) is 0 Å². The first-order chi connectivity index (χ1) is 13.3. The molecule has 0 amide bonds. The van der Waals surface area contributed by atoms with Gasteiger partial charge in [-0.25, -0.2) is 0 Å². The molecule has 1 heteroatoms. The highest BCUT2D eigenvalue weighted by molar-refractivity contribution is 5.25. The molecule has 1 N–H and O–H groups in total. The second-order valence-electron chi connectivity index (χ2n) is 11.8. The van der Waals surface area contributed by atoms with Crippen molar-refractivity contribution >= 4 is 0 Å². The lowest BCUT2D eigenvalue weighted by atomic mass is 9.47. The van der Waals surface area contributed by atoms with Crippen LogP contribution in [0.25, 0.3) is 0 Å². The average molecular weight is 385 g/mol. The van der Waals surface area contributed by atoms with Gasteiger partial charge in [0.05, 0.1) is 6.10 Å². The van der Waals surface area contributed by atoms with Crippen LogP contribution in [0.3, 0.4) is 0 Å². The van der Waals surface area contributed by atoms with Crippen molar-refractivity contribution in [2.45, 2.75) is 98.5 Å². The Balaban J connectivity index is 1.53. The summed E-state index contributed by atoms with van der Waals surface area (Å²) < 4.78 is 0. The second-order valence-corrected chi connectivity index (χ2v) is 11.8. The van der Waals surface area contributed by atoms with Crippen LogP contribution in [0.5, 0.6) is 0 Å². The molecule has 0 unspecified atom stereocenters. The normalized spacial score (nSPS) is 46.8. The predicted molar refractivity (Wildman–Crippen MR) is 119 cm³/mol. The third-order valence-corrected chi connectivity index (χ3v) is 9.83. The lowest BCUT2D eigenvalue weighted by molar-refractivity contribution is -0.0540. The maximum Gasteiger partial charge on any atom is 0.0577 e. The molecule has 0 radical (unpaired) electrons. The van der Waals surface area contributed by atoms with E-state index in [2.05, 4.69) is 52.8 Å². The molecule has 4 aliphatic rings. The molecule has 0 spiro atoms. The first-order valence-corrected chi connectivity index (χ1v) is 12.3. The lowest BCUT2D eigenvalue weighted by Crippen LogP contribution is -2.50. The molecule has 4 rings (SSSR count). The highest BCUT2D eigenvalue weighted by Crippen LogP contribution is 2.67. The Morgan fingerprint density at radius 1 is 1.07 bits per heavy atom. The van der Waals surface area contributed by atoms with E-state index in [0.29, 0.717) is 10.8 Å². The number of aliphatic hydroxyl groups excluding tert-OH is 1. The van der Waals surface area contributed by atoms with Crippen molar-refractivity contribution in [1.29, 1.82) is 0 Å². The Hall–Kier alpha value is -0.560. The molecule has 0 saturated heterocycles. The summed E-state index contributed by atoms with van der Waals surface area (Å²) in [4.78, 5) is 0. The van der Waals surface area contributed by atoms with Gasteiger partial charge in [0.2, 0.25) is 0 Å². The minimum Gasteiger partial charge on any atom is -0.393 e. The monoisotopic (exact) mass is 384 g/mol. The van der Waals surface area contributed by atoms with Crippen molar-refractivity contribution in [3.05, 3.63) is 23.8 Å². The summed E-state index contributed by atoms with van der Waals surface area (Å²) in [5.41, 5.74) is 2.53. The zero-order valence-corrected chi connectivity index (χ0v) is 19.1. The summed E-state index contributed by atoms with van der Waals surface area (Å²) >= 11 is 0. The van der Waals surface area contributed by atoms with Crippen LogP contribution in [0.15, 0.2) is 23.8 Å². The summed E-state index contributed by atoms with van der Waals surface area (Å²) in [6.07, 6.45) is 18.9. The van der Waals surface area contributed by atoms with Crippen LogP contribution >= 0.6 is 0 Å². The van der Waals surface area contributed by atoms with Crippen molar-refractivity contribution in [2.75, 3.05) is 0 Å². The molecule has 4 aliphatic carbocycles. The van der Waals surface area contributed by atoms with Gasteiger partial charge in [0.15, 0.2) is 0 Å². The highest BCUT2D eigenvalue weighted by Gasteiger charge is 2.58. The van der Waals surface area contributed by atoms with E-state index in [1.165, 1.54) is 44.9 Å². The first kappa shape index (κ1) is 20.7. The molecule has 0 bridgehead atoms. The third kappa shape index (κ3) is 3.34. The van der Waals surface area contributed by atoms with Crippen LogP contribution in [0, 0.1) is 46.3 Å². The van der Waals surface area contributed by atoms with Crippen LogP contribution in [0.1, 0.15) is 92.4 Å². The summed E-state index contributed by atoms with van der Waals surface area (Å²) in [7, 11) is 0. The van der Waals surface area contributed by atoms with E-state index < -0.39 is 0 Å². The maximum absolute atomic E-state index is 10.2. The van der Waals surface area contributed by atoms with Gasteiger partial charge in [-0.2, -0.15) is 0 Å². The fraction of sp³-hybridized carbons (Fsp3) is 0.852. The summed E-state index contributed by atoms with van der Waals surface area (Å²) in [5.74, 6) is 5.03. The SMILES string of the molecule is CC(C)C/C=C/[C@@H](C)[C@@H]1CC[C@H]2[C@H]3CC=C4C[C@@H](O)CC[C@@]4(C)[C@H]3CC[C@]21C. The quantitative estimate of drug-likeness (QED) is 0.510. The van der Waals surface area contributed by atoms with Crippen molar-refractivity contribution < 1.29 is 5.11 Å². The molecule has 0 aromatic heterocycles. The Kier molecular flexibility index (Phi) is 5.62. The van der Waals surface area contributed by atoms with E-state index in [-0.39, 0.29) is 6.10 Å². The standard InChI is InChI=1S/C27H44O/c1-18(2)7-6-8-19(3)23-11-12-24-22-10-9-20-17-21(28)13-15-26(20,4)25(22)14-16-27(23,24)5/h6,8-9,18-19,21-25,28H,7,10-17H2,1-5H3/b8-6+/t19-,21+,22-,23+,24+,25+,26-,27+/m1/s1. The van der Waals surface area contributed by atoms with Gasteiger partial charge in [0.1, 0.15) is 0 Å². The fourth-order valence-corrected chi connectivity index (χ4v) is 8.25. The molecule has 28 heavy (non-hydrogen) atoms. The predicted octanol–water partition coefficient (Wildman–Crippen LogP) is 7.16. The number of allylic oxidation sites excluding steroid dienone is 3. The zero-order chi connectivity index (χ0) is 20.1. The number of rotatable bonds is 4. The van der Waals surface area contributed by atoms with Gasteiger partial charge < -0.3 is 5.11 Å². The van der Waals surface area contributed by atoms with Gasteiger partial charge in [0, 0.05) is 0 Å². The molecule has 0 aliphatic heterocycles. The molecule has 3 saturated carbocycles. The number of hydrogen-bond donors (Lipinski definition) is 1. The van der Waals surface area contributed by atoms with E-state index in [1.807, 2.05) is 0 Å². The number of fused-ring (bicyclic) bond motifs is 5. The van der Waals surface area contributed by atoms with Gasteiger partial charge in [-0.3, -0.25) is 0 Å². The van der Waals surface area contributed by atoms with Gasteiger partial charge in [-0.15, -0.1) is 0 Å². The smallest absolute Gasteiger partial charge is 0.0577 e. The van der Waals surface area contributed by atoms with Crippen LogP contribution in [0.2, 0.25) is 0 Å². The van der Waals surface area contributed by atoms with E-state index in [1.54, 1.807) is 5.57 Å². The van der Waals surface area contributed by atoms with Crippen LogP contribution in [0.4, 0.5) is 0 Å². The summed E-state index contributed by atoms with van der Waals surface area (Å²) in [6, 6.07) is 0. The second kappa shape index (κ2) is 7.60. The summed E-state index contributed by atoms with van der Waals surface area (Å²) in [5, 5.41) is 10.2. The average Bonchev–Trinajstić information content (AvgIpc) is 2.99. The van der Waals surface area contributed by atoms with Gasteiger partial charge in [0.25, 0.3) is 0 Å². The molecule has 8 atom stereocenters. The molecular formula is C27H44O. The highest BCUT2D eigenvalue weighted by atomic mass is 16.3. The van der Waals surface area contributed by atoms with Crippen molar-refractivity contribution in [2.24, 2.45) is 46.3 Å². The number of aliphatic hydroxyl groups is 1. The first-order valence-electron chi connectivity index (χ1n) is 12.3. The minimum absolute atomic E-state index is 0.0842. The molecular weight excluding hydrogens is 340 g/mol. The van der Waals surface area contributed by atoms with Crippen LogP contribution < -0.4 is 0 Å². The van der Waals surface area contributed by atoms with Gasteiger partial charge in [-0.1, -0.05) is 58.4 Å². The van der Waals surface area contributed by atoms with E-state index >= 15 is 0 Å². The Labute approximate surface area is 174 Å². The molecule has 0 aromatic carbocycles. The van der Waals surface area contributed by atoms with Crippen LogP contribution in [-0.4, -0.2) is 11.2 Å². The topological polar surface area (TPSA) is 20.2 Å². The molecule has 1 nitrogen and oxygen atoms in total. The van der Waals surface area contributed by atoms with Gasteiger partial charge in [-0.05, 0) is 104 Å². The van der Waals surface area contributed by atoms with E-state index in [4.69, 9.17) is 0 Å². The Morgan fingerprint density at radius 3 is 2.61 bits per heavy atom. The molecule has 0 heterocycles. The van der Waals surface area contributed by atoms with Crippen molar-refractivity contribution in [3.8, 4) is 0 Å². The van der Waals surface area contributed by atoms with Gasteiger partial charge >= 0.3 is 0 Å². The van der Waals surface area contributed by atoms with E-state index in [0.717, 1.165) is 48.3 Å². The maximum atomic E-state index is 10.2. The largest absolute Gasteiger partial charge is 0.393 e. The zero-order valence-electron chi connectivity index (χ0n) is 19.1. The van der Waals surface area contributed by atoms with Crippen molar-refractivity contribution in [3.63, 3.8) is 0 Å². The Morgan fingerprint density at radius 2 is 1.86 bits per heavy atom.